The van der Waals surface area contributed by atoms with Gasteiger partial charge in [0, 0.05) is 0 Å². The van der Waals surface area contributed by atoms with Crippen molar-refractivity contribution in [3.63, 3.8) is 0 Å². The SMILES string of the molecule is CCC[C@H](NC(=O)c1nc(Cl)ccc1Cl)C(=O)O. The van der Waals surface area contributed by atoms with Gasteiger partial charge in [0.25, 0.3) is 5.91 Å². The highest BCUT2D eigenvalue weighted by Crippen LogP contribution is 2.17. The second kappa shape index (κ2) is 6.56. The van der Waals surface area contributed by atoms with Crippen LogP contribution in [0.15, 0.2) is 12.1 Å². The molecule has 0 bridgehead atoms. The fourth-order valence-corrected chi connectivity index (χ4v) is 1.69. The summed E-state index contributed by atoms with van der Waals surface area (Å²) in [5.74, 6) is -1.74. The lowest BCUT2D eigenvalue weighted by molar-refractivity contribution is -0.139. The van der Waals surface area contributed by atoms with E-state index in [-0.39, 0.29) is 15.9 Å². The maximum Gasteiger partial charge on any atom is 0.326 e. The fraction of sp³-hybridized carbons (Fsp3) is 0.364. The zero-order chi connectivity index (χ0) is 13.7. The largest absolute Gasteiger partial charge is 0.480 e. The third kappa shape index (κ3) is 3.85. The first-order valence-electron chi connectivity index (χ1n) is 5.31. The number of carboxylic acids is 1. The van der Waals surface area contributed by atoms with Crippen molar-refractivity contribution in [3.05, 3.63) is 28.0 Å². The highest BCUT2D eigenvalue weighted by Gasteiger charge is 2.21. The molecule has 0 radical (unpaired) electrons. The summed E-state index contributed by atoms with van der Waals surface area (Å²) >= 11 is 11.5. The molecule has 18 heavy (non-hydrogen) atoms. The van der Waals surface area contributed by atoms with Crippen LogP contribution in [0, 0.1) is 0 Å². The maximum atomic E-state index is 11.8. The summed E-state index contributed by atoms with van der Waals surface area (Å²) in [5.41, 5.74) is -0.0773. The van der Waals surface area contributed by atoms with Crippen LogP contribution < -0.4 is 5.32 Å². The van der Waals surface area contributed by atoms with Crippen LogP contribution in [0.2, 0.25) is 10.2 Å². The average Bonchev–Trinajstić information content (AvgIpc) is 2.31. The first-order valence-corrected chi connectivity index (χ1v) is 6.07. The molecule has 1 heterocycles. The number of aliphatic carboxylic acids is 1. The van der Waals surface area contributed by atoms with Crippen molar-refractivity contribution in [1.29, 1.82) is 0 Å². The van der Waals surface area contributed by atoms with Gasteiger partial charge in [-0.3, -0.25) is 4.79 Å². The lowest BCUT2D eigenvalue weighted by atomic mass is 10.1. The number of hydrogen-bond acceptors (Lipinski definition) is 3. The molecule has 1 amide bonds. The van der Waals surface area contributed by atoms with Gasteiger partial charge in [0.15, 0.2) is 0 Å². The van der Waals surface area contributed by atoms with Gasteiger partial charge < -0.3 is 10.4 Å². The van der Waals surface area contributed by atoms with E-state index < -0.39 is 17.9 Å². The Morgan fingerprint density at radius 3 is 2.67 bits per heavy atom. The third-order valence-corrected chi connectivity index (χ3v) is 2.72. The molecule has 2 N–H and O–H groups in total. The third-order valence-electron chi connectivity index (χ3n) is 2.21. The molecule has 5 nitrogen and oxygen atoms in total. The van der Waals surface area contributed by atoms with Crippen LogP contribution in [0.3, 0.4) is 0 Å². The monoisotopic (exact) mass is 290 g/mol. The summed E-state index contributed by atoms with van der Waals surface area (Å²) in [5, 5.41) is 11.5. The highest BCUT2D eigenvalue weighted by atomic mass is 35.5. The van der Waals surface area contributed by atoms with E-state index in [1.54, 1.807) is 0 Å². The molecule has 0 saturated heterocycles. The summed E-state index contributed by atoms with van der Waals surface area (Å²) < 4.78 is 0. The number of amides is 1. The molecule has 0 saturated carbocycles. The molecule has 0 aliphatic rings. The molecule has 0 aliphatic carbocycles. The van der Waals surface area contributed by atoms with E-state index >= 15 is 0 Å². The first kappa shape index (κ1) is 14.7. The Kier molecular flexibility index (Phi) is 5.37. The van der Waals surface area contributed by atoms with E-state index in [0.29, 0.717) is 12.8 Å². The lowest BCUT2D eigenvalue weighted by Gasteiger charge is -2.13. The zero-order valence-electron chi connectivity index (χ0n) is 9.61. The number of carbonyl (C=O) groups is 2. The Morgan fingerprint density at radius 1 is 1.44 bits per heavy atom. The van der Waals surface area contributed by atoms with E-state index in [9.17, 15) is 9.59 Å². The molecule has 0 unspecified atom stereocenters. The normalized spacial score (nSPS) is 11.9. The number of rotatable bonds is 5. The van der Waals surface area contributed by atoms with Crippen molar-refractivity contribution in [2.45, 2.75) is 25.8 Å². The number of aromatic nitrogens is 1. The average molecular weight is 291 g/mol. The predicted molar refractivity (Wildman–Crippen MR) is 68.1 cm³/mol. The fourth-order valence-electron chi connectivity index (χ4n) is 1.35. The van der Waals surface area contributed by atoms with Gasteiger partial charge in [-0.25, -0.2) is 9.78 Å². The molecule has 0 aromatic carbocycles. The van der Waals surface area contributed by atoms with Crippen LogP contribution in [0.25, 0.3) is 0 Å². The summed E-state index contributed by atoms with van der Waals surface area (Å²) in [6.45, 7) is 1.83. The van der Waals surface area contributed by atoms with Crippen LogP contribution >= 0.6 is 23.2 Å². The molecule has 0 fully saturated rings. The van der Waals surface area contributed by atoms with E-state index in [0.717, 1.165) is 0 Å². The van der Waals surface area contributed by atoms with Gasteiger partial charge in [-0.05, 0) is 18.6 Å². The van der Waals surface area contributed by atoms with E-state index in [4.69, 9.17) is 28.3 Å². The molecule has 0 aliphatic heterocycles. The second-order valence-corrected chi connectivity index (χ2v) is 4.41. The molecule has 0 spiro atoms. The van der Waals surface area contributed by atoms with Gasteiger partial charge >= 0.3 is 5.97 Å². The molecule has 1 aromatic rings. The van der Waals surface area contributed by atoms with Crippen molar-refractivity contribution < 1.29 is 14.7 Å². The van der Waals surface area contributed by atoms with Gasteiger partial charge in [0.1, 0.15) is 16.9 Å². The quantitative estimate of drug-likeness (QED) is 0.816. The van der Waals surface area contributed by atoms with Gasteiger partial charge in [-0.2, -0.15) is 0 Å². The number of carbonyl (C=O) groups excluding carboxylic acids is 1. The highest BCUT2D eigenvalue weighted by molar-refractivity contribution is 6.34. The Morgan fingerprint density at radius 2 is 2.11 bits per heavy atom. The Bertz CT molecular complexity index is 466. The first-order chi connectivity index (χ1) is 8.45. The summed E-state index contributed by atoms with van der Waals surface area (Å²) in [7, 11) is 0. The van der Waals surface area contributed by atoms with Gasteiger partial charge in [0.2, 0.25) is 0 Å². The molecule has 1 atom stereocenters. The number of hydrogen-bond donors (Lipinski definition) is 2. The zero-order valence-corrected chi connectivity index (χ0v) is 11.1. The van der Waals surface area contributed by atoms with Crippen molar-refractivity contribution in [2.75, 3.05) is 0 Å². The molecular formula is C11H12Cl2N2O3. The Labute approximate surface area is 114 Å². The molecular weight excluding hydrogens is 279 g/mol. The molecule has 1 rings (SSSR count). The number of nitrogens with one attached hydrogen (secondary N) is 1. The predicted octanol–water partition coefficient (Wildman–Crippen LogP) is 2.37. The number of pyridine rings is 1. The van der Waals surface area contributed by atoms with Crippen molar-refractivity contribution >= 4 is 35.1 Å². The van der Waals surface area contributed by atoms with E-state index in [1.807, 2.05) is 6.92 Å². The van der Waals surface area contributed by atoms with Crippen molar-refractivity contribution in [3.8, 4) is 0 Å². The van der Waals surface area contributed by atoms with Crippen LogP contribution in [0.5, 0.6) is 0 Å². The molecule has 98 valence electrons. The molecule has 1 aromatic heterocycles. The van der Waals surface area contributed by atoms with Crippen LogP contribution in [-0.4, -0.2) is 28.0 Å². The second-order valence-electron chi connectivity index (χ2n) is 3.62. The summed E-state index contributed by atoms with van der Waals surface area (Å²) in [4.78, 5) is 26.5. The van der Waals surface area contributed by atoms with E-state index in [2.05, 4.69) is 10.3 Å². The minimum absolute atomic E-state index is 0.0773. The van der Waals surface area contributed by atoms with Crippen LogP contribution in [0.4, 0.5) is 0 Å². The number of halogens is 2. The van der Waals surface area contributed by atoms with Gasteiger partial charge in [0.05, 0.1) is 5.02 Å². The maximum absolute atomic E-state index is 11.8. The molecule has 7 heteroatoms. The number of carboxylic acid groups (broad SMARTS) is 1. The van der Waals surface area contributed by atoms with Gasteiger partial charge in [-0.1, -0.05) is 36.5 Å². The van der Waals surface area contributed by atoms with Crippen LogP contribution in [0.1, 0.15) is 30.3 Å². The lowest BCUT2D eigenvalue weighted by Crippen LogP contribution is -2.41. The van der Waals surface area contributed by atoms with E-state index in [1.165, 1.54) is 12.1 Å². The Balaban J connectivity index is 2.86. The minimum atomic E-state index is -1.09. The number of nitrogens with zero attached hydrogens (tertiary/aromatic N) is 1. The van der Waals surface area contributed by atoms with Gasteiger partial charge in [-0.15, -0.1) is 0 Å². The van der Waals surface area contributed by atoms with Crippen molar-refractivity contribution in [2.24, 2.45) is 0 Å². The smallest absolute Gasteiger partial charge is 0.326 e. The Hall–Kier alpha value is -1.33. The summed E-state index contributed by atoms with van der Waals surface area (Å²) in [6.07, 6.45) is 0.965. The van der Waals surface area contributed by atoms with Crippen LogP contribution in [-0.2, 0) is 4.79 Å². The standard InChI is InChI=1S/C11H12Cl2N2O3/c1-2-3-7(11(17)18)14-10(16)9-6(12)4-5-8(13)15-9/h4-5,7H,2-3H2,1H3,(H,14,16)(H,17,18)/t7-/m0/s1. The van der Waals surface area contributed by atoms with Crippen molar-refractivity contribution in [1.82, 2.24) is 10.3 Å². The topological polar surface area (TPSA) is 79.3 Å². The minimum Gasteiger partial charge on any atom is -0.480 e. The summed E-state index contributed by atoms with van der Waals surface area (Å²) in [6, 6.07) is 1.92.